The van der Waals surface area contributed by atoms with Gasteiger partial charge in [-0.1, -0.05) is 48.0 Å². The minimum Gasteiger partial charge on any atom is -0.356 e. The Morgan fingerprint density at radius 2 is 1.79 bits per heavy atom. The third kappa shape index (κ3) is 6.13. The standard InChI is InChI=1S/C27H26ClFN2O2S/c28-23-7-3-2-6-22(23)25-11-9-21(34-25)10-12-26(32)31-17-14-20(15-18-31)27(33)30-16-13-19-5-1-4-8-24(19)29/h1-12,20H,13-18H2,(H,30,33). The first-order valence-electron chi connectivity index (χ1n) is 11.3. The summed E-state index contributed by atoms with van der Waals surface area (Å²) in [6.45, 7) is 1.49. The molecule has 1 saturated heterocycles. The molecule has 0 aliphatic carbocycles. The van der Waals surface area contributed by atoms with Crippen LogP contribution >= 0.6 is 22.9 Å². The van der Waals surface area contributed by atoms with Crippen molar-refractivity contribution in [3.05, 3.63) is 88.0 Å². The monoisotopic (exact) mass is 496 g/mol. The van der Waals surface area contributed by atoms with Gasteiger partial charge in [-0.2, -0.15) is 0 Å². The fraction of sp³-hybridized carbons (Fsp3) is 0.259. The number of hydrogen-bond acceptors (Lipinski definition) is 3. The quantitative estimate of drug-likeness (QED) is 0.419. The molecule has 0 atom stereocenters. The fourth-order valence-electron chi connectivity index (χ4n) is 4.03. The molecule has 7 heteroatoms. The Kier molecular flexibility index (Phi) is 8.14. The summed E-state index contributed by atoms with van der Waals surface area (Å²) in [6.07, 6.45) is 5.13. The zero-order valence-corrected chi connectivity index (χ0v) is 20.2. The number of nitrogens with zero attached hydrogens (tertiary/aromatic N) is 1. The Labute approximate surface area is 208 Å². The molecule has 1 aliphatic rings. The molecule has 4 rings (SSSR count). The SMILES string of the molecule is O=C(NCCc1ccccc1F)C1CCN(C(=O)C=Cc2ccc(-c3ccccc3Cl)s2)CC1. The zero-order valence-electron chi connectivity index (χ0n) is 18.7. The predicted molar refractivity (Wildman–Crippen MR) is 136 cm³/mol. The van der Waals surface area contributed by atoms with Crippen molar-refractivity contribution in [1.82, 2.24) is 10.2 Å². The van der Waals surface area contributed by atoms with Gasteiger partial charge in [-0.05, 0) is 55.2 Å². The summed E-state index contributed by atoms with van der Waals surface area (Å²) in [4.78, 5) is 28.9. The normalized spacial score (nSPS) is 14.5. The molecule has 2 heterocycles. The van der Waals surface area contributed by atoms with E-state index in [1.165, 1.54) is 6.07 Å². The van der Waals surface area contributed by atoms with Gasteiger partial charge >= 0.3 is 0 Å². The number of hydrogen-bond donors (Lipinski definition) is 1. The van der Waals surface area contributed by atoms with Gasteiger partial charge in [0.05, 0.1) is 0 Å². The summed E-state index contributed by atoms with van der Waals surface area (Å²) in [7, 11) is 0. The van der Waals surface area contributed by atoms with Crippen LogP contribution in [0.5, 0.6) is 0 Å². The van der Waals surface area contributed by atoms with Crippen LogP contribution in [0.2, 0.25) is 5.02 Å². The van der Waals surface area contributed by atoms with Crippen LogP contribution in [0.4, 0.5) is 4.39 Å². The molecule has 0 spiro atoms. The van der Waals surface area contributed by atoms with Crippen molar-refractivity contribution >= 4 is 40.8 Å². The summed E-state index contributed by atoms with van der Waals surface area (Å²) in [6, 6.07) is 18.3. The van der Waals surface area contributed by atoms with E-state index in [1.807, 2.05) is 42.5 Å². The van der Waals surface area contributed by atoms with Crippen molar-refractivity contribution in [3.8, 4) is 10.4 Å². The van der Waals surface area contributed by atoms with Gasteiger partial charge in [-0.15, -0.1) is 11.3 Å². The first kappa shape index (κ1) is 24.2. The third-order valence-corrected chi connectivity index (χ3v) is 7.40. The largest absolute Gasteiger partial charge is 0.356 e. The van der Waals surface area contributed by atoms with Crippen molar-refractivity contribution < 1.29 is 14.0 Å². The van der Waals surface area contributed by atoms with Gasteiger partial charge in [-0.25, -0.2) is 4.39 Å². The summed E-state index contributed by atoms with van der Waals surface area (Å²) in [5, 5.41) is 3.61. The second kappa shape index (κ2) is 11.4. The molecule has 1 aromatic heterocycles. The number of carbonyl (C=O) groups excluding carboxylic acids is 2. The molecule has 1 N–H and O–H groups in total. The Morgan fingerprint density at radius 3 is 2.56 bits per heavy atom. The summed E-state index contributed by atoms with van der Waals surface area (Å²) >= 11 is 7.86. The number of benzene rings is 2. The second-order valence-electron chi connectivity index (χ2n) is 8.25. The molecule has 34 heavy (non-hydrogen) atoms. The molecule has 0 saturated carbocycles. The number of carbonyl (C=O) groups is 2. The topological polar surface area (TPSA) is 49.4 Å². The first-order valence-corrected chi connectivity index (χ1v) is 12.5. The number of likely N-dealkylation sites (tertiary alicyclic amines) is 1. The molecule has 4 nitrogen and oxygen atoms in total. The lowest BCUT2D eigenvalue weighted by molar-refractivity contribution is -0.132. The first-order chi connectivity index (χ1) is 16.5. The highest BCUT2D eigenvalue weighted by Crippen LogP contribution is 2.33. The molecule has 1 aliphatic heterocycles. The number of thiophene rings is 1. The van der Waals surface area contributed by atoms with Crippen molar-refractivity contribution in [2.24, 2.45) is 5.92 Å². The van der Waals surface area contributed by atoms with Gasteiger partial charge in [0.2, 0.25) is 11.8 Å². The average molecular weight is 497 g/mol. The number of halogens is 2. The average Bonchev–Trinajstić information content (AvgIpc) is 3.33. The van der Waals surface area contributed by atoms with Crippen LogP contribution in [-0.4, -0.2) is 36.3 Å². The minimum atomic E-state index is -0.251. The van der Waals surface area contributed by atoms with E-state index in [1.54, 1.807) is 40.5 Å². The van der Waals surface area contributed by atoms with Crippen LogP contribution in [0.25, 0.3) is 16.5 Å². The molecule has 2 aromatic carbocycles. The Balaban J connectivity index is 1.23. The number of nitrogens with one attached hydrogen (secondary N) is 1. The van der Waals surface area contributed by atoms with E-state index >= 15 is 0 Å². The molecular weight excluding hydrogens is 471 g/mol. The second-order valence-corrected chi connectivity index (χ2v) is 9.77. The van der Waals surface area contributed by atoms with Gasteiger partial charge in [0.25, 0.3) is 0 Å². The smallest absolute Gasteiger partial charge is 0.246 e. The van der Waals surface area contributed by atoms with Crippen LogP contribution in [0.1, 0.15) is 23.3 Å². The van der Waals surface area contributed by atoms with Gasteiger partial charge in [0.1, 0.15) is 5.82 Å². The van der Waals surface area contributed by atoms with Gasteiger partial charge < -0.3 is 10.2 Å². The van der Waals surface area contributed by atoms with E-state index < -0.39 is 0 Å². The Bertz CT molecular complexity index is 1180. The van der Waals surface area contributed by atoms with Crippen LogP contribution in [0.3, 0.4) is 0 Å². The van der Waals surface area contributed by atoms with Crippen molar-refractivity contribution in [2.75, 3.05) is 19.6 Å². The molecule has 2 amide bonds. The highest BCUT2D eigenvalue weighted by molar-refractivity contribution is 7.16. The highest BCUT2D eigenvalue weighted by atomic mass is 35.5. The summed E-state index contributed by atoms with van der Waals surface area (Å²) < 4.78 is 13.7. The predicted octanol–water partition coefficient (Wildman–Crippen LogP) is 5.82. The van der Waals surface area contributed by atoms with Gasteiger partial charge in [0.15, 0.2) is 0 Å². The zero-order chi connectivity index (χ0) is 23.9. The van der Waals surface area contributed by atoms with Crippen LogP contribution in [-0.2, 0) is 16.0 Å². The molecule has 1 fully saturated rings. The van der Waals surface area contributed by atoms with E-state index in [-0.39, 0.29) is 23.5 Å². The Morgan fingerprint density at radius 1 is 1.06 bits per heavy atom. The number of rotatable bonds is 7. The van der Waals surface area contributed by atoms with E-state index in [0.29, 0.717) is 49.5 Å². The summed E-state index contributed by atoms with van der Waals surface area (Å²) in [5.74, 6) is -0.445. The van der Waals surface area contributed by atoms with E-state index in [9.17, 15) is 14.0 Å². The maximum absolute atomic E-state index is 13.7. The van der Waals surface area contributed by atoms with E-state index in [2.05, 4.69) is 5.32 Å². The highest BCUT2D eigenvalue weighted by Gasteiger charge is 2.26. The minimum absolute atomic E-state index is 0.0235. The third-order valence-electron chi connectivity index (χ3n) is 5.99. The molecule has 0 radical (unpaired) electrons. The lowest BCUT2D eigenvalue weighted by atomic mass is 9.95. The van der Waals surface area contributed by atoms with E-state index in [4.69, 9.17) is 11.6 Å². The van der Waals surface area contributed by atoms with Crippen molar-refractivity contribution in [3.63, 3.8) is 0 Å². The van der Waals surface area contributed by atoms with E-state index in [0.717, 1.165) is 15.3 Å². The lowest BCUT2D eigenvalue weighted by Crippen LogP contribution is -2.42. The molecule has 0 unspecified atom stereocenters. The molecule has 176 valence electrons. The lowest BCUT2D eigenvalue weighted by Gasteiger charge is -2.30. The van der Waals surface area contributed by atoms with Crippen molar-refractivity contribution in [2.45, 2.75) is 19.3 Å². The fourth-order valence-corrected chi connectivity index (χ4v) is 5.28. The number of piperidine rings is 1. The molecular formula is C27H26ClFN2O2S. The summed E-state index contributed by atoms with van der Waals surface area (Å²) in [5.41, 5.74) is 1.58. The van der Waals surface area contributed by atoms with Gasteiger partial charge in [-0.3, -0.25) is 9.59 Å². The maximum Gasteiger partial charge on any atom is 0.246 e. The van der Waals surface area contributed by atoms with Crippen LogP contribution < -0.4 is 5.32 Å². The van der Waals surface area contributed by atoms with Crippen LogP contribution in [0.15, 0.2) is 66.7 Å². The Hall–Kier alpha value is -2.96. The molecule has 3 aromatic rings. The maximum atomic E-state index is 13.7. The van der Waals surface area contributed by atoms with Crippen molar-refractivity contribution in [1.29, 1.82) is 0 Å². The van der Waals surface area contributed by atoms with Crippen LogP contribution in [0, 0.1) is 11.7 Å². The number of amides is 2. The van der Waals surface area contributed by atoms with Gasteiger partial charge in [0, 0.05) is 52.0 Å². The molecule has 0 bridgehead atoms.